The van der Waals surface area contributed by atoms with Crippen molar-refractivity contribution in [2.75, 3.05) is 6.61 Å². The Kier molecular flexibility index (Phi) is 7.01. The Bertz CT molecular complexity index is 730. The number of hydrogen-bond donors (Lipinski definition) is 0. The van der Waals surface area contributed by atoms with Crippen LogP contribution in [0.15, 0.2) is 72.8 Å². The van der Waals surface area contributed by atoms with Gasteiger partial charge in [-0.2, -0.15) is 0 Å². The maximum atomic E-state index is 13.1. The van der Waals surface area contributed by atoms with Crippen molar-refractivity contribution in [3.05, 3.63) is 72.8 Å². The lowest BCUT2D eigenvalue weighted by Crippen LogP contribution is -2.21. The molecule has 2 rings (SSSR count). The van der Waals surface area contributed by atoms with Crippen LogP contribution >= 0.6 is 7.82 Å². The summed E-state index contributed by atoms with van der Waals surface area (Å²) in [6.45, 7) is 6.49. The molecule has 0 saturated carbocycles. The Morgan fingerprint density at radius 2 is 1.46 bits per heavy atom. The van der Waals surface area contributed by atoms with E-state index in [0.717, 1.165) is 0 Å². The number of rotatable bonds is 9. The summed E-state index contributed by atoms with van der Waals surface area (Å²) in [6.07, 6.45) is -0.661. The molecule has 0 fully saturated rings. The molecule has 26 heavy (non-hydrogen) atoms. The normalized spacial score (nSPS) is 12.1. The van der Waals surface area contributed by atoms with E-state index in [9.17, 15) is 9.36 Å². The molecule has 1 unspecified atom stereocenters. The number of carbonyl (C=O) groups is 1. The van der Waals surface area contributed by atoms with Gasteiger partial charge < -0.3 is 13.8 Å². The molecule has 138 valence electrons. The average Bonchev–Trinajstić information content (AvgIpc) is 2.61. The van der Waals surface area contributed by atoms with Crippen LogP contribution in [0.4, 0.5) is 0 Å². The summed E-state index contributed by atoms with van der Waals surface area (Å²) >= 11 is 0. The monoisotopic (exact) mass is 376 g/mol. The minimum atomic E-state index is -4.00. The number of phosphoric ester groups is 1. The molecule has 2 aromatic carbocycles. The van der Waals surface area contributed by atoms with Gasteiger partial charge in [0.1, 0.15) is 17.6 Å². The zero-order valence-corrected chi connectivity index (χ0v) is 15.6. The summed E-state index contributed by atoms with van der Waals surface area (Å²) in [5.74, 6) is 0.112. The smallest absolute Gasteiger partial charge is 0.457 e. The van der Waals surface area contributed by atoms with Crippen molar-refractivity contribution in [1.29, 1.82) is 0 Å². The zero-order valence-electron chi connectivity index (χ0n) is 14.7. The molecule has 2 aromatic rings. The number of benzene rings is 2. The molecule has 0 heterocycles. The average molecular weight is 376 g/mol. The maximum absolute atomic E-state index is 13.1. The van der Waals surface area contributed by atoms with Crippen LogP contribution in [-0.4, -0.2) is 18.7 Å². The summed E-state index contributed by atoms with van der Waals surface area (Å²) < 4.78 is 34.5. The molecule has 0 aliphatic rings. The van der Waals surface area contributed by atoms with Crippen LogP contribution in [0, 0.1) is 0 Å². The van der Waals surface area contributed by atoms with Crippen molar-refractivity contribution < 1.29 is 27.7 Å². The SMILES string of the molecule is C=C(C)C(=O)OC(C)COP(=O)(Oc1ccccc1)Oc1ccccc1. The molecule has 0 aliphatic heterocycles. The van der Waals surface area contributed by atoms with Crippen molar-refractivity contribution in [3.8, 4) is 11.5 Å². The fourth-order valence-electron chi connectivity index (χ4n) is 1.81. The van der Waals surface area contributed by atoms with E-state index in [1.165, 1.54) is 6.92 Å². The second kappa shape index (κ2) is 9.22. The highest BCUT2D eigenvalue weighted by atomic mass is 31.2. The van der Waals surface area contributed by atoms with E-state index in [1.54, 1.807) is 67.6 Å². The van der Waals surface area contributed by atoms with Gasteiger partial charge in [0.05, 0.1) is 6.61 Å². The molecule has 0 amide bonds. The maximum Gasteiger partial charge on any atom is 0.587 e. The Labute approximate surface area is 153 Å². The summed E-state index contributed by atoms with van der Waals surface area (Å²) in [6, 6.07) is 17.1. The van der Waals surface area contributed by atoms with Gasteiger partial charge in [-0.1, -0.05) is 43.0 Å². The van der Waals surface area contributed by atoms with E-state index in [-0.39, 0.29) is 12.2 Å². The van der Waals surface area contributed by atoms with E-state index in [2.05, 4.69) is 6.58 Å². The second-order valence-corrected chi connectivity index (χ2v) is 7.07. The van der Waals surface area contributed by atoms with Crippen LogP contribution in [0.3, 0.4) is 0 Å². The molecule has 0 spiro atoms. The van der Waals surface area contributed by atoms with Crippen molar-refractivity contribution in [3.63, 3.8) is 0 Å². The Balaban J connectivity index is 2.08. The topological polar surface area (TPSA) is 71.1 Å². The van der Waals surface area contributed by atoms with E-state index in [1.807, 2.05) is 0 Å². The largest absolute Gasteiger partial charge is 0.587 e. The summed E-state index contributed by atoms with van der Waals surface area (Å²) in [7, 11) is -4.00. The predicted molar refractivity (Wildman–Crippen MR) is 98.1 cm³/mol. The third-order valence-electron chi connectivity index (χ3n) is 3.04. The molecule has 0 N–H and O–H groups in total. The van der Waals surface area contributed by atoms with E-state index >= 15 is 0 Å². The van der Waals surface area contributed by atoms with Gasteiger partial charge in [-0.3, -0.25) is 4.52 Å². The number of ether oxygens (including phenoxy) is 1. The quantitative estimate of drug-likeness (QED) is 0.356. The van der Waals surface area contributed by atoms with Crippen LogP contribution < -0.4 is 9.05 Å². The molecular weight excluding hydrogens is 355 g/mol. The van der Waals surface area contributed by atoms with Gasteiger partial charge in [0, 0.05) is 5.57 Å². The lowest BCUT2D eigenvalue weighted by Gasteiger charge is -2.21. The van der Waals surface area contributed by atoms with Gasteiger partial charge >= 0.3 is 13.8 Å². The fourth-order valence-corrected chi connectivity index (χ4v) is 3.10. The molecule has 0 radical (unpaired) electrons. The molecule has 1 atom stereocenters. The molecular formula is C19H21O6P. The highest BCUT2D eigenvalue weighted by Gasteiger charge is 2.32. The van der Waals surface area contributed by atoms with Gasteiger partial charge in [-0.05, 0) is 38.1 Å². The number of hydrogen-bond acceptors (Lipinski definition) is 6. The van der Waals surface area contributed by atoms with Crippen molar-refractivity contribution in [2.24, 2.45) is 0 Å². The molecule has 0 bridgehead atoms. The number of carbonyl (C=O) groups excluding carboxylic acids is 1. The minimum absolute atomic E-state index is 0.171. The van der Waals surface area contributed by atoms with Gasteiger partial charge in [0.15, 0.2) is 0 Å². The Morgan fingerprint density at radius 3 is 1.88 bits per heavy atom. The predicted octanol–water partition coefficient (Wildman–Crippen LogP) is 4.78. The first kappa shape index (κ1) is 19.8. The van der Waals surface area contributed by atoms with Crippen molar-refractivity contribution in [2.45, 2.75) is 20.0 Å². The van der Waals surface area contributed by atoms with Gasteiger partial charge in [0.25, 0.3) is 0 Å². The summed E-state index contributed by atoms with van der Waals surface area (Å²) in [5, 5.41) is 0. The molecule has 0 aromatic heterocycles. The molecule has 0 saturated heterocycles. The molecule has 7 heteroatoms. The molecule has 6 nitrogen and oxygen atoms in total. The van der Waals surface area contributed by atoms with E-state index in [0.29, 0.717) is 11.5 Å². The van der Waals surface area contributed by atoms with Gasteiger partial charge in [-0.15, -0.1) is 0 Å². The third kappa shape index (κ3) is 6.39. The number of esters is 1. The zero-order chi connectivity index (χ0) is 19.0. The first-order chi connectivity index (χ1) is 12.4. The minimum Gasteiger partial charge on any atom is -0.457 e. The standard InChI is InChI=1S/C19H21O6P/c1-15(2)19(20)23-16(3)14-22-26(21,24-17-10-6-4-7-11-17)25-18-12-8-5-9-13-18/h4-13,16H,1,14H2,2-3H3. The van der Waals surface area contributed by atoms with E-state index < -0.39 is 19.9 Å². The highest BCUT2D eigenvalue weighted by Crippen LogP contribution is 2.49. The Morgan fingerprint density at radius 1 is 1.00 bits per heavy atom. The summed E-state index contributed by atoms with van der Waals surface area (Å²) in [4.78, 5) is 11.6. The second-order valence-electron chi connectivity index (χ2n) is 5.55. The van der Waals surface area contributed by atoms with Crippen LogP contribution in [0.1, 0.15) is 13.8 Å². The third-order valence-corrected chi connectivity index (χ3v) is 4.38. The molecule has 0 aliphatic carbocycles. The number of para-hydroxylation sites is 2. The lowest BCUT2D eigenvalue weighted by atomic mass is 10.3. The lowest BCUT2D eigenvalue weighted by molar-refractivity contribution is -0.144. The van der Waals surface area contributed by atoms with Crippen LogP contribution in [0.2, 0.25) is 0 Å². The Hall–Kier alpha value is -2.56. The highest BCUT2D eigenvalue weighted by molar-refractivity contribution is 7.49. The van der Waals surface area contributed by atoms with Crippen molar-refractivity contribution >= 4 is 13.8 Å². The summed E-state index contributed by atoms with van der Waals surface area (Å²) in [5.41, 5.74) is 0.265. The van der Waals surface area contributed by atoms with Gasteiger partial charge in [0.2, 0.25) is 0 Å². The number of phosphoric acid groups is 1. The first-order valence-electron chi connectivity index (χ1n) is 7.98. The van der Waals surface area contributed by atoms with Crippen LogP contribution in [0.5, 0.6) is 11.5 Å². The van der Waals surface area contributed by atoms with E-state index in [4.69, 9.17) is 18.3 Å². The van der Waals surface area contributed by atoms with Crippen molar-refractivity contribution in [1.82, 2.24) is 0 Å². The van der Waals surface area contributed by atoms with Crippen LogP contribution in [0.25, 0.3) is 0 Å². The van der Waals surface area contributed by atoms with Gasteiger partial charge in [-0.25, -0.2) is 9.36 Å². The fraction of sp³-hybridized carbons (Fsp3) is 0.211. The first-order valence-corrected chi connectivity index (χ1v) is 9.44. The van der Waals surface area contributed by atoms with Crippen LogP contribution in [-0.2, 0) is 18.6 Å².